The molecule has 0 aliphatic heterocycles. The van der Waals surface area contributed by atoms with E-state index in [1.807, 2.05) is 0 Å². The Labute approximate surface area is 124 Å². The molecule has 0 saturated carbocycles. The maximum absolute atomic E-state index is 12.0. The molecule has 0 radical (unpaired) electrons. The fourth-order valence-corrected chi connectivity index (χ4v) is 1.98. The molecule has 22 heavy (non-hydrogen) atoms. The molecule has 0 atom stereocenters. The Morgan fingerprint density at radius 1 is 1.23 bits per heavy atom. The minimum absolute atomic E-state index is 0.00493. The Kier molecular flexibility index (Phi) is 3.22. The average Bonchev–Trinajstić information content (AvgIpc) is 2.94. The van der Waals surface area contributed by atoms with Crippen LogP contribution in [0.5, 0.6) is 0 Å². The Morgan fingerprint density at radius 2 is 2.05 bits per heavy atom. The van der Waals surface area contributed by atoms with Crippen molar-refractivity contribution in [3.8, 4) is 17.1 Å². The number of nitrogens with two attached hydrogens (primary N) is 1. The first-order chi connectivity index (χ1) is 10.6. The van der Waals surface area contributed by atoms with E-state index in [2.05, 4.69) is 20.6 Å². The molecule has 0 saturated heterocycles. The molecular formula is C13H11N7O2. The first-order valence-electron chi connectivity index (χ1n) is 6.29. The third-order valence-electron chi connectivity index (χ3n) is 3.02. The van der Waals surface area contributed by atoms with Gasteiger partial charge in [-0.05, 0) is 28.6 Å². The largest absolute Gasteiger partial charge is 0.364 e. The highest BCUT2D eigenvalue weighted by molar-refractivity contribution is 5.90. The summed E-state index contributed by atoms with van der Waals surface area (Å²) in [6.07, 6.45) is 0. The van der Waals surface area contributed by atoms with Crippen LogP contribution in [0, 0.1) is 0 Å². The van der Waals surface area contributed by atoms with Crippen LogP contribution in [0.1, 0.15) is 10.5 Å². The molecule has 0 fully saturated rings. The van der Waals surface area contributed by atoms with E-state index in [1.54, 1.807) is 31.3 Å². The Balaban J connectivity index is 2.14. The van der Waals surface area contributed by atoms with Gasteiger partial charge >= 0.3 is 0 Å². The minimum atomic E-state index is -0.706. The molecule has 3 rings (SSSR count). The molecule has 9 heteroatoms. The van der Waals surface area contributed by atoms with Crippen LogP contribution < -0.4 is 11.3 Å². The van der Waals surface area contributed by atoms with E-state index in [4.69, 9.17) is 5.73 Å². The Morgan fingerprint density at radius 3 is 2.73 bits per heavy atom. The van der Waals surface area contributed by atoms with E-state index in [-0.39, 0.29) is 11.3 Å². The van der Waals surface area contributed by atoms with E-state index in [1.165, 1.54) is 16.8 Å². The zero-order chi connectivity index (χ0) is 15.7. The van der Waals surface area contributed by atoms with Gasteiger partial charge in [0.15, 0.2) is 5.82 Å². The standard InChI is InChI=1S/C13H11N7O2/c1-19-13(15-17-18-19)8-3-2-4-9(7-8)20-11(21)6-5-10(16-20)12(14)22/h2-7H,1H3,(H2,14,22). The molecule has 0 aliphatic carbocycles. The molecule has 1 aromatic carbocycles. The lowest BCUT2D eigenvalue weighted by molar-refractivity contribution is 0.0994. The van der Waals surface area contributed by atoms with Gasteiger partial charge in [-0.3, -0.25) is 9.59 Å². The van der Waals surface area contributed by atoms with E-state index >= 15 is 0 Å². The Bertz CT molecular complexity index is 913. The molecule has 0 aliphatic rings. The molecule has 110 valence electrons. The van der Waals surface area contributed by atoms with Crippen LogP contribution >= 0.6 is 0 Å². The number of hydrogen-bond acceptors (Lipinski definition) is 6. The van der Waals surface area contributed by atoms with Crippen molar-refractivity contribution in [1.29, 1.82) is 0 Å². The number of benzene rings is 1. The average molecular weight is 297 g/mol. The van der Waals surface area contributed by atoms with Gasteiger partial charge in [-0.2, -0.15) is 9.78 Å². The van der Waals surface area contributed by atoms with Crippen LogP contribution in [0.25, 0.3) is 17.1 Å². The maximum Gasteiger partial charge on any atom is 0.271 e. The number of tetrazole rings is 1. The van der Waals surface area contributed by atoms with Crippen LogP contribution in [-0.2, 0) is 7.05 Å². The summed E-state index contributed by atoms with van der Waals surface area (Å²) in [6.45, 7) is 0. The van der Waals surface area contributed by atoms with E-state index in [0.29, 0.717) is 17.1 Å². The lowest BCUT2D eigenvalue weighted by atomic mass is 10.2. The molecule has 1 amide bonds. The van der Waals surface area contributed by atoms with E-state index in [9.17, 15) is 9.59 Å². The summed E-state index contributed by atoms with van der Waals surface area (Å²) in [5.74, 6) is -0.164. The summed E-state index contributed by atoms with van der Waals surface area (Å²) in [6, 6.07) is 9.46. The zero-order valence-electron chi connectivity index (χ0n) is 11.5. The van der Waals surface area contributed by atoms with Gasteiger partial charge in [-0.1, -0.05) is 12.1 Å². The first-order valence-corrected chi connectivity index (χ1v) is 6.29. The molecule has 0 unspecified atom stereocenters. The smallest absolute Gasteiger partial charge is 0.271 e. The maximum atomic E-state index is 12.0. The quantitative estimate of drug-likeness (QED) is 0.697. The lowest BCUT2D eigenvalue weighted by Gasteiger charge is -2.07. The highest BCUT2D eigenvalue weighted by Gasteiger charge is 2.10. The van der Waals surface area contributed by atoms with Crippen molar-refractivity contribution in [1.82, 2.24) is 30.0 Å². The fraction of sp³-hybridized carbons (Fsp3) is 0.0769. The molecule has 9 nitrogen and oxygen atoms in total. The molecule has 3 aromatic rings. The van der Waals surface area contributed by atoms with Crippen molar-refractivity contribution in [3.05, 3.63) is 52.4 Å². The highest BCUT2D eigenvalue weighted by atomic mass is 16.1. The van der Waals surface area contributed by atoms with Gasteiger partial charge in [0.1, 0.15) is 5.69 Å². The van der Waals surface area contributed by atoms with Gasteiger partial charge in [0.2, 0.25) is 0 Å². The van der Waals surface area contributed by atoms with E-state index in [0.717, 1.165) is 4.68 Å². The second-order valence-corrected chi connectivity index (χ2v) is 4.51. The molecule has 0 spiro atoms. The number of amides is 1. The fourth-order valence-electron chi connectivity index (χ4n) is 1.98. The van der Waals surface area contributed by atoms with Gasteiger partial charge in [-0.15, -0.1) is 5.10 Å². The highest BCUT2D eigenvalue weighted by Crippen LogP contribution is 2.17. The molecule has 2 heterocycles. The van der Waals surface area contributed by atoms with Gasteiger partial charge < -0.3 is 5.73 Å². The zero-order valence-corrected chi connectivity index (χ0v) is 11.5. The molecule has 2 aromatic heterocycles. The van der Waals surface area contributed by atoms with Gasteiger partial charge in [0.25, 0.3) is 11.5 Å². The molecule has 0 bridgehead atoms. The number of rotatable bonds is 3. The Hall–Kier alpha value is -3.36. The third kappa shape index (κ3) is 2.35. The summed E-state index contributed by atoms with van der Waals surface area (Å²) in [5.41, 5.74) is 6.01. The predicted octanol–water partition coefficient (Wildman–Crippen LogP) is -0.478. The van der Waals surface area contributed by atoms with Crippen LogP contribution in [0.3, 0.4) is 0 Å². The second-order valence-electron chi connectivity index (χ2n) is 4.51. The summed E-state index contributed by atoms with van der Waals surface area (Å²) in [4.78, 5) is 23.2. The first kappa shape index (κ1) is 13.6. The van der Waals surface area contributed by atoms with E-state index < -0.39 is 5.91 Å². The van der Waals surface area contributed by atoms with Crippen molar-refractivity contribution in [2.75, 3.05) is 0 Å². The van der Waals surface area contributed by atoms with Crippen LogP contribution in [0.2, 0.25) is 0 Å². The van der Waals surface area contributed by atoms with Gasteiger partial charge in [0.05, 0.1) is 5.69 Å². The van der Waals surface area contributed by atoms with Crippen molar-refractivity contribution >= 4 is 5.91 Å². The number of aryl methyl sites for hydroxylation is 1. The monoisotopic (exact) mass is 297 g/mol. The summed E-state index contributed by atoms with van der Waals surface area (Å²) in [7, 11) is 1.71. The van der Waals surface area contributed by atoms with Gasteiger partial charge in [-0.25, -0.2) is 4.68 Å². The minimum Gasteiger partial charge on any atom is -0.364 e. The number of aromatic nitrogens is 6. The van der Waals surface area contributed by atoms with Crippen LogP contribution in [0.4, 0.5) is 0 Å². The predicted molar refractivity (Wildman–Crippen MR) is 76.1 cm³/mol. The van der Waals surface area contributed by atoms with Crippen molar-refractivity contribution < 1.29 is 4.79 Å². The normalized spacial score (nSPS) is 10.6. The number of primary amides is 1. The van der Waals surface area contributed by atoms with Gasteiger partial charge in [0, 0.05) is 18.7 Å². The summed E-state index contributed by atoms with van der Waals surface area (Å²) in [5, 5.41) is 15.2. The van der Waals surface area contributed by atoms with Crippen molar-refractivity contribution in [3.63, 3.8) is 0 Å². The van der Waals surface area contributed by atoms with Crippen LogP contribution in [0.15, 0.2) is 41.2 Å². The lowest BCUT2D eigenvalue weighted by Crippen LogP contribution is -2.25. The van der Waals surface area contributed by atoms with Crippen molar-refractivity contribution in [2.24, 2.45) is 12.8 Å². The SMILES string of the molecule is Cn1nnnc1-c1cccc(-n2nc(C(N)=O)ccc2=O)c1. The van der Waals surface area contributed by atoms with Crippen molar-refractivity contribution in [2.45, 2.75) is 0 Å². The van der Waals surface area contributed by atoms with Crippen LogP contribution in [-0.4, -0.2) is 35.9 Å². The molecular weight excluding hydrogens is 286 g/mol. The molecule has 2 N–H and O–H groups in total. The topological polar surface area (TPSA) is 122 Å². The summed E-state index contributed by atoms with van der Waals surface area (Å²) >= 11 is 0. The third-order valence-corrected chi connectivity index (χ3v) is 3.02. The number of carbonyl (C=O) groups is 1. The number of hydrogen-bond donors (Lipinski definition) is 1. The number of carbonyl (C=O) groups excluding carboxylic acids is 1. The summed E-state index contributed by atoms with van der Waals surface area (Å²) < 4.78 is 2.61. The number of nitrogens with zero attached hydrogens (tertiary/aromatic N) is 6. The second kappa shape index (κ2) is 5.20.